The molecule has 4 aromatic rings. The van der Waals surface area contributed by atoms with Gasteiger partial charge in [0.05, 0.1) is 67.1 Å². The second-order valence-corrected chi connectivity index (χ2v) is 17.9. The molecule has 3 N–H and O–H groups in total. The van der Waals surface area contributed by atoms with Crippen molar-refractivity contribution in [3.05, 3.63) is 88.2 Å². The minimum Gasteiger partial charge on any atom is -0.490 e. The van der Waals surface area contributed by atoms with Gasteiger partial charge >= 0.3 is 0 Å². The number of benzene rings is 2. The lowest BCUT2D eigenvalue weighted by Gasteiger charge is -2.31. The molecule has 0 aliphatic carbocycles. The highest BCUT2D eigenvalue weighted by Gasteiger charge is 2.46. The number of anilines is 1. The molecule has 7 rings (SSSR count). The molecule has 2 aromatic heterocycles. The number of nitrogen functional groups attached to an aromatic ring is 1. The van der Waals surface area contributed by atoms with Crippen LogP contribution in [-0.2, 0) is 35.2 Å². The summed E-state index contributed by atoms with van der Waals surface area (Å²) in [5.74, 6) is 5.54. The van der Waals surface area contributed by atoms with E-state index in [2.05, 4.69) is 42.9 Å². The maximum absolute atomic E-state index is 13.2. The van der Waals surface area contributed by atoms with E-state index >= 15 is 0 Å². The third-order valence-electron chi connectivity index (χ3n) is 10.9. The molecule has 3 aliphatic heterocycles. The molecule has 1 atom stereocenters. The molecular formula is C48H54N6O10S. The summed E-state index contributed by atoms with van der Waals surface area (Å²) in [6, 6.07) is 13.5. The molecule has 2 fully saturated rings. The van der Waals surface area contributed by atoms with E-state index in [1.807, 2.05) is 41.4 Å². The molecule has 65 heavy (non-hydrogen) atoms. The molecule has 17 heteroatoms. The number of amides is 5. The zero-order valence-corrected chi connectivity index (χ0v) is 37.7. The average molecular weight is 907 g/mol. The average Bonchev–Trinajstić information content (AvgIpc) is 3.88. The van der Waals surface area contributed by atoms with Crippen LogP contribution in [0, 0.1) is 17.3 Å². The zero-order chi connectivity index (χ0) is 45.9. The highest BCUT2D eigenvalue weighted by molar-refractivity contribution is 7.15. The topological polar surface area (TPSA) is 202 Å². The number of fused-ring (bicyclic) bond motifs is 1. The number of thiazole rings is 1. The van der Waals surface area contributed by atoms with Gasteiger partial charge in [0.2, 0.25) is 17.7 Å². The van der Waals surface area contributed by atoms with Gasteiger partial charge in [0.1, 0.15) is 25.0 Å². The van der Waals surface area contributed by atoms with E-state index in [0.717, 1.165) is 44.3 Å². The van der Waals surface area contributed by atoms with Gasteiger partial charge in [0.15, 0.2) is 11.6 Å². The standard InChI is InChI=1S/C48H54N6O10S/c1-48(2,3)16-12-31-6-4-7-32(26-31)30-64-38-27-34(28-50-43(38)49)39-29-51-45(65-39)33-13-17-53(18-14-33)41(56)15-19-60-20-21-61-22-23-62-24-25-63-37-9-5-8-35-42(37)47(59)54(46(35)58)36-10-11-40(55)52-44(36)57/h4-9,26-29,33,36H,10-11,13-15,17-25,30H2,1-3H3,(H2,49,50)(H,52,55,57). The number of piperidine rings is 2. The van der Waals surface area contributed by atoms with Crippen molar-refractivity contribution in [2.24, 2.45) is 5.41 Å². The minimum absolute atomic E-state index is 0.0408. The summed E-state index contributed by atoms with van der Waals surface area (Å²) in [6.45, 7) is 9.82. The van der Waals surface area contributed by atoms with Gasteiger partial charge in [0.25, 0.3) is 11.8 Å². The molecule has 5 amide bonds. The molecule has 0 bridgehead atoms. The first kappa shape index (κ1) is 46.8. The Bertz CT molecular complexity index is 2450. The van der Waals surface area contributed by atoms with Crippen LogP contribution in [0.15, 0.2) is 60.9 Å². The first-order valence-corrected chi connectivity index (χ1v) is 22.6. The Hall–Kier alpha value is -6.19. The first-order valence-electron chi connectivity index (χ1n) is 21.8. The van der Waals surface area contributed by atoms with Gasteiger partial charge in [-0.05, 0) is 75.9 Å². The molecule has 5 heterocycles. The van der Waals surface area contributed by atoms with Gasteiger partial charge in [-0.25, -0.2) is 9.97 Å². The van der Waals surface area contributed by atoms with Gasteiger partial charge in [-0.15, -0.1) is 11.3 Å². The number of hydrogen-bond donors (Lipinski definition) is 2. The third kappa shape index (κ3) is 12.3. The third-order valence-corrected chi connectivity index (χ3v) is 12.1. The number of carbonyl (C=O) groups is 5. The van der Waals surface area contributed by atoms with Crippen molar-refractivity contribution in [2.75, 3.05) is 65.1 Å². The number of nitrogens with zero attached hydrogens (tertiary/aromatic N) is 4. The lowest BCUT2D eigenvalue weighted by Crippen LogP contribution is -2.54. The van der Waals surface area contributed by atoms with Crippen molar-refractivity contribution in [2.45, 2.75) is 71.4 Å². The summed E-state index contributed by atoms with van der Waals surface area (Å²) in [7, 11) is 0. The highest BCUT2D eigenvalue weighted by atomic mass is 32.1. The van der Waals surface area contributed by atoms with Gasteiger partial charge in [0, 0.05) is 54.4 Å². The number of nitrogens with two attached hydrogens (primary N) is 1. The van der Waals surface area contributed by atoms with Crippen LogP contribution in [0.5, 0.6) is 11.5 Å². The molecule has 0 saturated carbocycles. The maximum Gasteiger partial charge on any atom is 0.266 e. The Kier molecular flexibility index (Phi) is 15.6. The van der Waals surface area contributed by atoms with E-state index in [-0.39, 0.29) is 60.2 Å². The van der Waals surface area contributed by atoms with Crippen LogP contribution < -0.4 is 20.5 Å². The number of imide groups is 2. The summed E-state index contributed by atoms with van der Waals surface area (Å²) >= 11 is 1.63. The van der Waals surface area contributed by atoms with E-state index in [0.29, 0.717) is 70.7 Å². The fourth-order valence-electron chi connectivity index (χ4n) is 7.53. The number of hydrogen-bond acceptors (Lipinski definition) is 14. The number of ether oxygens (including phenoxy) is 5. The summed E-state index contributed by atoms with van der Waals surface area (Å²) in [5, 5.41) is 3.22. The van der Waals surface area contributed by atoms with Crippen LogP contribution in [0.4, 0.5) is 5.82 Å². The lowest BCUT2D eigenvalue weighted by molar-refractivity contribution is -0.136. The number of nitrogens with one attached hydrogen (secondary N) is 1. The van der Waals surface area contributed by atoms with Gasteiger partial charge in [-0.3, -0.25) is 34.2 Å². The molecule has 0 radical (unpaired) electrons. The summed E-state index contributed by atoms with van der Waals surface area (Å²) in [4.78, 5) is 76.0. The van der Waals surface area contributed by atoms with Crippen molar-refractivity contribution in [1.82, 2.24) is 25.1 Å². The van der Waals surface area contributed by atoms with Crippen LogP contribution >= 0.6 is 11.3 Å². The smallest absolute Gasteiger partial charge is 0.266 e. The molecular weight excluding hydrogens is 853 g/mol. The first-order chi connectivity index (χ1) is 31.3. The van der Waals surface area contributed by atoms with Crippen LogP contribution in [-0.4, -0.2) is 115 Å². The monoisotopic (exact) mass is 906 g/mol. The summed E-state index contributed by atoms with van der Waals surface area (Å²) in [6.07, 6.45) is 5.67. The number of pyridine rings is 1. The van der Waals surface area contributed by atoms with Crippen LogP contribution in [0.3, 0.4) is 0 Å². The van der Waals surface area contributed by atoms with Crippen molar-refractivity contribution in [3.63, 3.8) is 0 Å². The highest BCUT2D eigenvalue weighted by Crippen LogP contribution is 2.37. The van der Waals surface area contributed by atoms with Gasteiger partial charge < -0.3 is 34.3 Å². The van der Waals surface area contributed by atoms with E-state index in [4.69, 9.17) is 34.4 Å². The number of aromatic nitrogens is 2. The molecule has 2 saturated heterocycles. The quantitative estimate of drug-likeness (QED) is 0.0690. The lowest BCUT2D eigenvalue weighted by atomic mass is 9.97. The van der Waals surface area contributed by atoms with E-state index < -0.39 is 29.7 Å². The van der Waals surface area contributed by atoms with E-state index in [1.54, 1.807) is 29.7 Å². The molecule has 1 unspecified atom stereocenters. The maximum atomic E-state index is 13.2. The minimum atomic E-state index is -1.05. The Morgan fingerprint density at radius 1 is 0.846 bits per heavy atom. The molecule has 342 valence electrons. The fraction of sp³-hybridized carbons (Fsp3) is 0.438. The normalized spacial score (nSPS) is 16.6. The van der Waals surface area contributed by atoms with Crippen LogP contribution in [0.1, 0.15) is 95.6 Å². The summed E-state index contributed by atoms with van der Waals surface area (Å²) in [5.41, 5.74) is 9.15. The Labute approximate surface area is 382 Å². The fourth-order valence-corrected chi connectivity index (χ4v) is 8.59. The van der Waals surface area contributed by atoms with E-state index in [9.17, 15) is 24.0 Å². The second kappa shape index (κ2) is 21.7. The number of likely N-dealkylation sites (tertiary alicyclic amines) is 1. The zero-order valence-electron chi connectivity index (χ0n) is 36.9. The van der Waals surface area contributed by atoms with Gasteiger partial charge in [-0.1, -0.05) is 30.0 Å². The summed E-state index contributed by atoms with van der Waals surface area (Å²) < 4.78 is 28.7. The number of carbonyl (C=O) groups excluding carboxylic acids is 5. The van der Waals surface area contributed by atoms with Crippen LogP contribution in [0.25, 0.3) is 10.4 Å². The largest absolute Gasteiger partial charge is 0.490 e. The molecule has 2 aromatic carbocycles. The van der Waals surface area contributed by atoms with Crippen molar-refractivity contribution < 1.29 is 47.7 Å². The Morgan fingerprint density at radius 2 is 1.57 bits per heavy atom. The van der Waals surface area contributed by atoms with Crippen molar-refractivity contribution >= 4 is 46.7 Å². The molecule has 3 aliphatic rings. The predicted octanol–water partition coefficient (Wildman–Crippen LogP) is 5.39. The Balaban J connectivity index is 0.740. The van der Waals surface area contributed by atoms with Crippen molar-refractivity contribution in [1.29, 1.82) is 0 Å². The van der Waals surface area contributed by atoms with Gasteiger partial charge in [-0.2, -0.15) is 0 Å². The Morgan fingerprint density at radius 3 is 2.31 bits per heavy atom. The second-order valence-electron chi connectivity index (χ2n) is 16.9. The molecule has 16 nitrogen and oxygen atoms in total. The van der Waals surface area contributed by atoms with Crippen molar-refractivity contribution in [3.8, 4) is 33.8 Å². The van der Waals surface area contributed by atoms with Crippen LogP contribution in [0.2, 0.25) is 0 Å². The van der Waals surface area contributed by atoms with E-state index in [1.165, 1.54) is 6.07 Å². The SMILES string of the molecule is CC(C)(C)C#Cc1cccc(COc2cc(-c3cnc(C4CCN(C(=O)CCOCCOCCOCCOc5cccc6c5C(=O)N(C5CCC(=O)NC5=O)C6=O)CC4)s3)cnc2N)c1. The molecule has 0 spiro atoms. The predicted molar refractivity (Wildman–Crippen MR) is 241 cm³/mol. The number of rotatable bonds is 19.